The van der Waals surface area contributed by atoms with E-state index < -0.39 is 0 Å². The Kier molecular flexibility index (Phi) is 9.82. The predicted octanol–water partition coefficient (Wildman–Crippen LogP) is 9.52. The second kappa shape index (κ2) is 13.0. The molecule has 0 aliphatic carbocycles. The van der Waals surface area contributed by atoms with Gasteiger partial charge in [0.15, 0.2) is 0 Å². The summed E-state index contributed by atoms with van der Waals surface area (Å²) in [6.07, 6.45) is 11.2. The van der Waals surface area contributed by atoms with E-state index in [1.165, 1.54) is 66.9 Å². The Morgan fingerprint density at radius 1 is 0.610 bits per heavy atom. The molecule has 1 radical (unpaired) electrons. The molecule has 0 unspecified atom stereocenters. The molecule has 3 aromatic rings. The van der Waals surface area contributed by atoms with Gasteiger partial charge in [-0.15, -0.1) is 0 Å². The Hall–Kier alpha value is -2.88. The summed E-state index contributed by atoms with van der Waals surface area (Å²) in [5.74, 6) is 0. The first-order valence-corrected chi connectivity index (χ1v) is 15.7. The summed E-state index contributed by atoms with van der Waals surface area (Å²) in [7, 11) is 0. The average molecular weight is 598 g/mol. The Balaban J connectivity index is 0.00000387. The van der Waals surface area contributed by atoms with E-state index in [9.17, 15) is 0 Å². The first-order valence-electron chi connectivity index (χ1n) is 15.7. The monoisotopic (exact) mass is 597 g/mol. The summed E-state index contributed by atoms with van der Waals surface area (Å²) >= 11 is 0. The van der Waals surface area contributed by atoms with Gasteiger partial charge in [-0.1, -0.05) is 48.5 Å². The summed E-state index contributed by atoms with van der Waals surface area (Å²) < 4.78 is 2.55. The van der Waals surface area contributed by atoms with Crippen LogP contribution in [0.4, 0.5) is 0 Å². The molecule has 0 saturated carbocycles. The van der Waals surface area contributed by atoms with Gasteiger partial charge in [0.2, 0.25) is 0 Å². The van der Waals surface area contributed by atoms with Gasteiger partial charge in [0.25, 0.3) is 0 Å². The fraction of sp³-hybridized carbons (Fsp3) is 0.444. The molecule has 4 nitrogen and oxygen atoms in total. The van der Waals surface area contributed by atoms with Crippen molar-refractivity contribution in [2.24, 2.45) is 0 Å². The van der Waals surface area contributed by atoms with Crippen molar-refractivity contribution in [3.8, 4) is 0 Å². The molecule has 5 heteroatoms. The van der Waals surface area contributed by atoms with Gasteiger partial charge in [-0.25, -0.2) is 9.97 Å². The molecule has 2 aliphatic rings. The number of H-pyrrole nitrogens is 1. The molecule has 0 fully saturated rings. The molecular formula is C36H46CuN4. The molecule has 0 amide bonds. The number of hydrogen-bond donors (Lipinski definition) is 1. The minimum absolute atomic E-state index is 0. The number of fused-ring (bicyclic) bond motifs is 8. The SMILES string of the molecule is CCC1=C(CC)c2nc1c(CC)c1[nH]c(cc3nc(cc4c(CC)c(CC)c(c2CC)n4CC)C=C3)cc1CC.[Cu]. The van der Waals surface area contributed by atoms with Crippen LogP contribution in [0.3, 0.4) is 0 Å². The van der Waals surface area contributed by atoms with Crippen LogP contribution in [0.15, 0.2) is 18.2 Å². The van der Waals surface area contributed by atoms with Gasteiger partial charge in [-0.3, -0.25) is 0 Å². The van der Waals surface area contributed by atoms with Crippen LogP contribution in [-0.4, -0.2) is 19.5 Å². The van der Waals surface area contributed by atoms with Crippen molar-refractivity contribution < 1.29 is 17.1 Å². The summed E-state index contributed by atoms with van der Waals surface area (Å²) in [6, 6.07) is 6.80. The number of nitrogens with one attached hydrogen (secondary N) is 1. The van der Waals surface area contributed by atoms with Crippen LogP contribution in [0.2, 0.25) is 0 Å². The Morgan fingerprint density at radius 3 is 1.73 bits per heavy atom. The fourth-order valence-electron chi connectivity index (χ4n) is 7.06. The summed E-state index contributed by atoms with van der Waals surface area (Å²) in [5.41, 5.74) is 19.3. The van der Waals surface area contributed by atoms with Gasteiger partial charge in [-0.2, -0.15) is 0 Å². The molecule has 5 rings (SSSR count). The molecule has 41 heavy (non-hydrogen) atoms. The number of allylic oxidation sites excluding steroid dienone is 2. The Labute approximate surface area is 256 Å². The van der Waals surface area contributed by atoms with E-state index >= 15 is 0 Å². The number of aryl methyl sites for hydroxylation is 6. The van der Waals surface area contributed by atoms with Gasteiger partial charge >= 0.3 is 0 Å². The third kappa shape index (κ3) is 5.17. The molecule has 3 aromatic heterocycles. The van der Waals surface area contributed by atoms with Gasteiger partial charge in [0.1, 0.15) is 0 Å². The maximum absolute atomic E-state index is 5.61. The van der Waals surface area contributed by atoms with E-state index in [1.807, 2.05) is 0 Å². The third-order valence-electron chi connectivity index (χ3n) is 8.85. The minimum Gasteiger partial charge on any atom is -0.355 e. The fourth-order valence-corrected chi connectivity index (χ4v) is 7.06. The molecule has 2 aliphatic heterocycles. The average Bonchev–Trinajstić information content (AvgIpc) is 3.73. The van der Waals surface area contributed by atoms with Crippen molar-refractivity contribution in [3.05, 3.63) is 68.8 Å². The predicted molar refractivity (Wildman–Crippen MR) is 174 cm³/mol. The van der Waals surface area contributed by atoms with Crippen LogP contribution in [0.25, 0.3) is 45.4 Å². The van der Waals surface area contributed by atoms with Gasteiger partial charge < -0.3 is 9.55 Å². The minimum atomic E-state index is 0. The van der Waals surface area contributed by atoms with Crippen molar-refractivity contribution in [1.82, 2.24) is 19.5 Å². The first kappa shape index (κ1) is 31.1. The van der Waals surface area contributed by atoms with Crippen molar-refractivity contribution >= 4 is 45.4 Å². The molecule has 0 aromatic carbocycles. The van der Waals surface area contributed by atoms with Crippen LogP contribution in [-0.2, 0) is 55.7 Å². The van der Waals surface area contributed by atoms with Gasteiger partial charge in [0.05, 0.1) is 28.3 Å². The number of rotatable bonds is 8. The van der Waals surface area contributed by atoms with E-state index in [4.69, 9.17) is 9.97 Å². The van der Waals surface area contributed by atoms with Gasteiger partial charge in [0, 0.05) is 51.3 Å². The standard InChI is InChI=1S/C36H46N4.Cu/c1-9-22-19-25-20-23-17-18-24(37-23)21-32-26(10-2)29(13-5)36(40(32)16-8)31(15-7)35-28(12-4)27(11-3)34(39-35)30(14-6)33(22)38-25;/h17-21,38H,9-16H2,1-8H3;. The van der Waals surface area contributed by atoms with E-state index in [1.54, 1.807) is 0 Å². The molecule has 1 N–H and O–H groups in total. The second-order valence-corrected chi connectivity index (χ2v) is 10.8. The van der Waals surface area contributed by atoms with Crippen molar-refractivity contribution in [1.29, 1.82) is 0 Å². The number of aromatic amines is 1. The summed E-state index contributed by atoms with van der Waals surface area (Å²) in [4.78, 5) is 14.4. The van der Waals surface area contributed by atoms with Crippen LogP contribution < -0.4 is 0 Å². The molecule has 5 heterocycles. The van der Waals surface area contributed by atoms with Crippen LogP contribution >= 0.6 is 0 Å². The largest absolute Gasteiger partial charge is 0.355 e. The van der Waals surface area contributed by atoms with E-state index in [-0.39, 0.29) is 17.1 Å². The molecule has 0 saturated heterocycles. The topological polar surface area (TPSA) is 46.5 Å². The Bertz CT molecular complexity index is 1680. The van der Waals surface area contributed by atoms with Crippen molar-refractivity contribution in [2.45, 2.75) is 107 Å². The summed E-state index contributed by atoms with van der Waals surface area (Å²) in [6.45, 7) is 19.2. The molecule has 221 valence electrons. The van der Waals surface area contributed by atoms with E-state index in [0.29, 0.717) is 0 Å². The van der Waals surface area contributed by atoms with Gasteiger partial charge in [-0.05, 0) is 110 Å². The first-order chi connectivity index (χ1) is 19.5. The zero-order valence-electron chi connectivity index (χ0n) is 26.2. The smallest absolute Gasteiger partial charge is 0.0725 e. The van der Waals surface area contributed by atoms with Crippen LogP contribution in [0.1, 0.15) is 119 Å². The maximum Gasteiger partial charge on any atom is 0.0725 e. The van der Waals surface area contributed by atoms with Crippen molar-refractivity contribution in [2.75, 3.05) is 0 Å². The second-order valence-electron chi connectivity index (χ2n) is 10.8. The third-order valence-corrected chi connectivity index (χ3v) is 8.85. The zero-order valence-corrected chi connectivity index (χ0v) is 27.1. The maximum atomic E-state index is 5.61. The Morgan fingerprint density at radius 2 is 1.20 bits per heavy atom. The molecular weight excluding hydrogens is 552 g/mol. The van der Waals surface area contributed by atoms with Crippen molar-refractivity contribution in [3.63, 3.8) is 0 Å². The van der Waals surface area contributed by atoms with E-state index in [2.05, 4.69) is 95.3 Å². The van der Waals surface area contributed by atoms with Crippen LogP contribution in [0.5, 0.6) is 0 Å². The van der Waals surface area contributed by atoms with Crippen LogP contribution in [0, 0.1) is 0 Å². The summed E-state index contributed by atoms with van der Waals surface area (Å²) in [5, 5.41) is 0. The van der Waals surface area contributed by atoms with E-state index in [0.717, 1.165) is 68.4 Å². The number of nitrogens with zero attached hydrogens (tertiary/aromatic N) is 3. The zero-order chi connectivity index (χ0) is 28.6. The number of hydrogen-bond acceptors (Lipinski definition) is 2. The number of aromatic nitrogens is 4. The normalized spacial score (nSPS) is 12.8. The quantitative estimate of drug-likeness (QED) is 0.206. The molecule has 0 spiro atoms. The molecule has 0 atom stereocenters. The molecule has 8 bridgehead atoms.